The molecule has 0 radical (unpaired) electrons. The van der Waals surface area contributed by atoms with E-state index in [2.05, 4.69) is 64.2 Å². The zero-order chi connectivity index (χ0) is 28.2. The van der Waals surface area contributed by atoms with Crippen molar-refractivity contribution in [2.24, 2.45) is 0 Å². The van der Waals surface area contributed by atoms with Crippen LogP contribution in [0.25, 0.3) is 32.0 Å². The average Bonchev–Trinajstić information content (AvgIpc) is 3.73. The Morgan fingerprint density at radius 3 is 2.00 bits per heavy atom. The number of nitrogens with zero attached hydrogens (tertiary/aromatic N) is 6. The quantitative estimate of drug-likeness (QED) is 0.160. The third-order valence-corrected chi connectivity index (χ3v) is 8.56. The van der Waals surface area contributed by atoms with Crippen LogP contribution in [0.5, 0.6) is 0 Å². The zero-order valence-corrected chi connectivity index (χ0v) is 24.6. The summed E-state index contributed by atoms with van der Waals surface area (Å²) >= 11 is 3.36. The Labute approximate surface area is 239 Å². The largest absolute Gasteiger partial charge is 0.396 e. The Hall–Kier alpha value is -3.76. The standard InChI is InChI=1S/C14H18N4OS.C14H14N4OS/c2*1-9-8-16-13-12(15-2)17-11-7-10(5-3-4-6-19)20-14(11)18(9)13/h7-8,19H,3-6H2,1-2H3,(H,15,17);7-8,19H,4,6H2,1-2H3,(H,15,17). The van der Waals surface area contributed by atoms with Crippen LogP contribution in [0, 0.1) is 25.7 Å². The van der Waals surface area contributed by atoms with Crippen molar-refractivity contribution >= 4 is 66.3 Å². The molecular formula is C28H32N8O2S2. The van der Waals surface area contributed by atoms with Gasteiger partial charge in [-0.3, -0.25) is 8.80 Å². The van der Waals surface area contributed by atoms with Crippen LogP contribution in [0.2, 0.25) is 0 Å². The normalized spacial score (nSPS) is 11.2. The summed E-state index contributed by atoms with van der Waals surface area (Å²) in [4.78, 5) is 22.5. The highest BCUT2D eigenvalue weighted by Crippen LogP contribution is 2.31. The van der Waals surface area contributed by atoms with E-state index in [1.807, 2.05) is 39.5 Å². The molecule has 0 aliphatic rings. The lowest BCUT2D eigenvalue weighted by Crippen LogP contribution is -1.98. The molecule has 0 saturated heterocycles. The van der Waals surface area contributed by atoms with Gasteiger partial charge in [-0.25, -0.2) is 19.9 Å². The van der Waals surface area contributed by atoms with Gasteiger partial charge < -0.3 is 20.8 Å². The molecule has 6 heterocycles. The number of aryl methyl sites for hydroxylation is 3. The third-order valence-electron chi connectivity index (χ3n) is 6.36. The van der Waals surface area contributed by atoms with E-state index in [-0.39, 0.29) is 13.2 Å². The van der Waals surface area contributed by atoms with E-state index in [0.717, 1.165) is 79.2 Å². The summed E-state index contributed by atoms with van der Waals surface area (Å²) in [6.07, 6.45) is 7.06. The van der Waals surface area contributed by atoms with Crippen LogP contribution in [0.3, 0.4) is 0 Å². The van der Waals surface area contributed by atoms with E-state index >= 15 is 0 Å². The van der Waals surface area contributed by atoms with E-state index in [1.165, 1.54) is 4.88 Å². The molecule has 0 amide bonds. The van der Waals surface area contributed by atoms with Crippen LogP contribution in [0.4, 0.5) is 11.6 Å². The average molecular weight is 577 g/mol. The third kappa shape index (κ3) is 5.33. The van der Waals surface area contributed by atoms with Crippen molar-refractivity contribution in [2.75, 3.05) is 37.9 Å². The maximum Gasteiger partial charge on any atom is 0.181 e. The minimum atomic E-state index is 0.0882. The lowest BCUT2D eigenvalue weighted by Gasteiger charge is -2.04. The highest BCUT2D eigenvalue weighted by atomic mass is 32.1. The van der Waals surface area contributed by atoms with Crippen LogP contribution < -0.4 is 10.6 Å². The highest BCUT2D eigenvalue weighted by molar-refractivity contribution is 7.19. The molecule has 208 valence electrons. The highest BCUT2D eigenvalue weighted by Gasteiger charge is 2.14. The summed E-state index contributed by atoms with van der Waals surface area (Å²) in [7, 11) is 3.71. The summed E-state index contributed by atoms with van der Waals surface area (Å²) in [6.45, 7) is 4.43. The Kier molecular flexibility index (Phi) is 8.46. The number of hydrogen-bond donors (Lipinski definition) is 4. The smallest absolute Gasteiger partial charge is 0.181 e. The summed E-state index contributed by atoms with van der Waals surface area (Å²) in [5.74, 6) is 7.58. The number of rotatable bonds is 7. The SMILES string of the molecule is CNc1nc2cc(C#CCCO)sc2n2c(C)cnc12.CNc1nc2cc(CCCCO)sc2n2c(C)cnc12. The number of fused-ring (bicyclic) bond motifs is 6. The van der Waals surface area contributed by atoms with Crippen molar-refractivity contribution in [3.8, 4) is 11.8 Å². The Morgan fingerprint density at radius 2 is 1.43 bits per heavy atom. The van der Waals surface area contributed by atoms with E-state index < -0.39 is 0 Å². The zero-order valence-electron chi connectivity index (χ0n) is 22.9. The van der Waals surface area contributed by atoms with Crippen molar-refractivity contribution in [3.05, 3.63) is 45.7 Å². The Morgan fingerprint density at radius 1 is 0.825 bits per heavy atom. The van der Waals surface area contributed by atoms with Gasteiger partial charge >= 0.3 is 0 Å². The summed E-state index contributed by atoms with van der Waals surface area (Å²) in [5, 5.41) is 23.8. The predicted octanol–water partition coefficient (Wildman–Crippen LogP) is 4.64. The molecule has 0 atom stereocenters. The minimum Gasteiger partial charge on any atom is -0.396 e. The fourth-order valence-electron chi connectivity index (χ4n) is 4.47. The van der Waals surface area contributed by atoms with Gasteiger partial charge in [0.15, 0.2) is 22.9 Å². The van der Waals surface area contributed by atoms with Gasteiger partial charge in [0.05, 0.1) is 11.5 Å². The fourth-order valence-corrected chi connectivity index (χ4v) is 6.70. The number of anilines is 2. The number of aliphatic hydroxyl groups is 2. The second kappa shape index (κ2) is 12.2. The van der Waals surface area contributed by atoms with Gasteiger partial charge in [0.1, 0.15) is 20.7 Å². The van der Waals surface area contributed by atoms with Crippen LogP contribution in [-0.4, -0.2) is 66.3 Å². The lowest BCUT2D eigenvalue weighted by atomic mass is 10.2. The van der Waals surface area contributed by atoms with Gasteiger partial charge in [-0.15, -0.1) is 22.7 Å². The maximum absolute atomic E-state index is 8.87. The van der Waals surface area contributed by atoms with Crippen molar-refractivity contribution in [1.82, 2.24) is 28.7 Å². The van der Waals surface area contributed by atoms with Gasteiger partial charge in [0, 0.05) is 55.8 Å². The van der Waals surface area contributed by atoms with E-state index in [9.17, 15) is 0 Å². The van der Waals surface area contributed by atoms with Gasteiger partial charge in [-0.1, -0.05) is 11.8 Å². The molecule has 40 heavy (non-hydrogen) atoms. The van der Waals surface area contributed by atoms with Gasteiger partial charge in [-0.2, -0.15) is 0 Å². The predicted molar refractivity (Wildman–Crippen MR) is 164 cm³/mol. The van der Waals surface area contributed by atoms with Crippen LogP contribution in [0.1, 0.15) is 40.4 Å². The molecule has 0 aliphatic heterocycles. The number of imidazole rings is 2. The molecule has 0 fully saturated rings. The molecule has 6 aromatic rings. The molecule has 0 aromatic carbocycles. The van der Waals surface area contributed by atoms with E-state index in [1.54, 1.807) is 22.7 Å². The van der Waals surface area contributed by atoms with Crippen molar-refractivity contribution in [1.29, 1.82) is 0 Å². The molecule has 4 N–H and O–H groups in total. The molecule has 0 aliphatic carbocycles. The second-order valence-electron chi connectivity index (χ2n) is 9.20. The molecule has 0 unspecified atom stereocenters. The molecule has 10 nitrogen and oxygen atoms in total. The summed E-state index contributed by atoms with van der Waals surface area (Å²) < 4.78 is 4.25. The first-order valence-electron chi connectivity index (χ1n) is 13.1. The molecular weight excluding hydrogens is 544 g/mol. The fraction of sp³-hybridized carbons (Fsp3) is 0.357. The Balaban J connectivity index is 0.000000161. The Bertz CT molecular complexity index is 1850. The first-order valence-corrected chi connectivity index (χ1v) is 14.7. The summed E-state index contributed by atoms with van der Waals surface area (Å²) in [6, 6.07) is 4.13. The van der Waals surface area contributed by atoms with Crippen LogP contribution in [0.15, 0.2) is 24.5 Å². The van der Waals surface area contributed by atoms with Gasteiger partial charge in [0.25, 0.3) is 0 Å². The minimum absolute atomic E-state index is 0.0882. The number of nitrogens with one attached hydrogen (secondary N) is 2. The number of aliphatic hydroxyl groups excluding tert-OH is 2. The molecule has 6 rings (SSSR count). The number of unbranched alkanes of at least 4 members (excludes halogenated alkanes) is 1. The first-order chi connectivity index (χ1) is 19.5. The van der Waals surface area contributed by atoms with E-state index in [4.69, 9.17) is 10.2 Å². The van der Waals surface area contributed by atoms with Crippen molar-refractivity contribution in [2.45, 2.75) is 39.5 Å². The van der Waals surface area contributed by atoms with Crippen LogP contribution >= 0.6 is 22.7 Å². The summed E-state index contributed by atoms with van der Waals surface area (Å²) in [5.41, 5.74) is 5.80. The number of hydrogen-bond acceptors (Lipinski definition) is 10. The topological polar surface area (TPSA) is 125 Å². The lowest BCUT2D eigenvalue weighted by molar-refractivity contribution is 0.285. The molecule has 0 bridgehead atoms. The molecule has 12 heteroatoms. The first kappa shape index (κ1) is 27.8. The van der Waals surface area contributed by atoms with Crippen LogP contribution in [-0.2, 0) is 6.42 Å². The molecule has 0 spiro atoms. The number of thiophene rings is 2. The monoisotopic (exact) mass is 576 g/mol. The van der Waals surface area contributed by atoms with Gasteiger partial charge in [-0.05, 0) is 45.2 Å². The molecule has 6 aromatic heterocycles. The second-order valence-corrected chi connectivity index (χ2v) is 11.3. The van der Waals surface area contributed by atoms with Gasteiger partial charge in [0.2, 0.25) is 0 Å². The maximum atomic E-state index is 8.87. The number of aromatic nitrogens is 6. The van der Waals surface area contributed by atoms with Crippen molar-refractivity contribution < 1.29 is 10.2 Å². The van der Waals surface area contributed by atoms with Crippen molar-refractivity contribution in [3.63, 3.8) is 0 Å². The van der Waals surface area contributed by atoms with E-state index in [0.29, 0.717) is 6.42 Å². The molecule has 0 saturated carbocycles.